The van der Waals surface area contributed by atoms with E-state index in [4.69, 9.17) is 20.9 Å². The van der Waals surface area contributed by atoms with Crippen molar-refractivity contribution in [2.75, 3.05) is 13.1 Å². The molecule has 0 aliphatic carbocycles. The third-order valence-corrected chi connectivity index (χ3v) is 6.63. The number of carbonyl (C=O) groups is 3. The van der Waals surface area contributed by atoms with Gasteiger partial charge in [0, 0.05) is 37.2 Å². The first-order valence-electron chi connectivity index (χ1n) is 11.9. The summed E-state index contributed by atoms with van der Waals surface area (Å²) >= 11 is 0. The Morgan fingerprint density at radius 1 is 1.00 bits per heavy atom. The number of benzene rings is 1. The zero-order valence-electron chi connectivity index (χ0n) is 20.5. The molecule has 34 heavy (non-hydrogen) atoms. The maximum atomic E-state index is 13.8. The van der Waals surface area contributed by atoms with Crippen molar-refractivity contribution in [3.05, 3.63) is 35.4 Å². The minimum absolute atomic E-state index is 0.0423. The van der Waals surface area contributed by atoms with Crippen LogP contribution in [0.25, 0.3) is 0 Å². The first-order valence-corrected chi connectivity index (χ1v) is 11.9. The number of hydrogen-bond donors (Lipinski definition) is 2. The Balaban J connectivity index is 1.79. The number of piperidine rings is 2. The lowest BCUT2D eigenvalue weighted by molar-refractivity contribution is -0.304. The molecule has 3 N–H and O–H groups in total. The van der Waals surface area contributed by atoms with Crippen LogP contribution >= 0.6 is 0 Å². The summed E-state index contributed by atoms with van der Waals surface area (Å²) in [6.45, 7) is 8.52. The van der Waals surface area contributed by atoms with Crippen LogP contribution in [0.1, 0.15) is 75.7 Å². The second kappa shape index (κ2) is 10.5. The van der Waals surface area contributed by atoms with Gasteiger partial charge < -0.3 is 15.5 Å². The third-order valence-electron chi connectivity index (χ3n) is 6.63. The molecule has 0 radical (unpaired) electrons. The Kier molecular flexibility index (Phi) is 7.97. The summed E-state index contributed by atoms with van der Waals surface area (Å²) in [5.74, 6) is -0.786. The van der Waals surface area contributed by atoms with Crippen LogP contribution in [0.5, 0.6) is 0 Å². The summed E-state index contributed by atoms with van der Waals surface area (Å²) in [6, 6.07) is 5.98. The minimum Gasteiger partial charge on any atom is -0.384 e. The number of rotatable bonds is 5. The Labute approximate surface area is 201 Å². The Bertz CT molecular complexity index is 924. The number of nitrogens with two attached hydrogens (primary N) is 1. The summed E-state index contributed by atoms with van der Waals surface area (Å²) in [5, 5.41) is 7.54. The number of nitrogens with one attached hydrogen (secondary N) is 1. The standard InChI is InChI=1S/C25H36N4O5/c1-16(30)33-34-19-12-14-29(21(15-19)25(2,3)4)24(32)20-7-5-6-13-28(20)23(31)18-10-8-17(9-11-18)22(26)27/h8-11,19-21H,5-7,12-15H2,1-4H3,(H3,26,27). The molecule has 0 aromatic heterocycles. The van der Waals surface area contributed by atoms with Gasteiger partial charge in [0.2, 0.25) is 5.91 Å². The van der Waals surface area contributed by atoms with Crippen molar-refractivity contribution in [1.29, 1.82) is 5.41 Å². The van der Waals surface area contributed by atoms with E-state index in [9.17, 15) is 14.4 Å². The topological polar surface area (TPSA) is 126 Å². The van der Waals surface area contributed by atoms with Crippen LogP contribution in [0.15, 0.2) is 24.3 Å². The van der Waals surface area contributed by atoms with Crippen molar-refractivity contribution in [3.63, 3.8) is 0 Å². The largest absolute Gasteiger partial charge is 0.384 e. The van der Waals surface area contributed by atoms with Crippen LogP contribution in [-0.4, -0.2) is 64.7 Å². The van der Waals surface area contributed by atoms with E-state index in [2.05, 4.69) is 20.8 Å². The number of likely N-dealkylation sites (tertiary alicyclic amines) is 2. The molecule has 2 fully saturated rings. The molecule has 2 amide bonds. The molecule has 0 spiro atoms. The summed E-state index contributed by atoms with van der Waals surface area (Å²) in [5.41, 5.74) is 6.33. The summed E-state index contributed by atoms with van der Waals surface area (Å²) < 4.78 is 0. The molecule has 2 saturated heterocycles. The maximum absolute atomic E-state index is 13.8. The number of nitrogens with zero attached hydrogens (tertiary/aromatic N) is 2. The maximum Gasteiger partial charge on any atom is 0.339 e. The number of nitrogen functional groups attached to an aromatic ring is 1. The van der Waals surface area contributed by atoms with Gasteiger partial charge in [0.15, 0.2) is 0 Å². The fourth-order valence-electron chi connectivity index (χ4n) is 4.82. The van der Waals surface area contributed by atoms with Crippen molar-refractivity contribution in [1.82, 2.24) is 9.80 Å². The first-order chi connectivity index (χ1) is 16.0. The van der Waals surface area contributed by atoms with Gasteiger partial charge in [-0.3, -0.25) is 19.9 Å². The molecular formula is C25H36N4O5. The molecule has 3 rings (SSSR count). The number of amidine groups is 1. The molecule has 9 nitrogen and oxygen atoms in total. The normalized spacial score (nSPS) is 23.4. The van der Waals surface area contributed by atoms with Gasteiger partial charge in [-0.05, 0) is 49.7 Å². The van der Waals surface area contributed by atoms with Gasteiger partial charge in [0.25, 0.3) is 5.91 Å². The lowest BCUT2D eigenvalue weighted by atomic mass is 9.79. The Hall–Kier alpha value is -2.94. The van der Waals surface area contributed by atoms with E-state index in [0.717, 1.165) is 12.8 Å². The molecule has 1 aromatic rings. The van der Waals surface area contributed by atoms with Gasteiger partial charge in [-0.1, -0.05) is 32.9 Å². The summed E-state index contributed by atoms with van der Waals surface area (Å²) in [4.78, 5) is 52.0. The number of hydrogen-bond acceptors (Lipinski definition) is 6. The molecule has 186 valence electrons. The first kappa shape index (κ1) is 25.7. The highest BCUT2D eigenvalue weighted by Crippen LogP contribution is 2.35. The summed E-state index contributed by atoms with van der Waals surface area (Å²) in [7, 11) is 0. The zero-order valence-corrected chi connectivity index (χ0v) is 20.5. The lowest BCUT2D eigenvalue weighted by Gasteiger charge is -2.48. The number of carbonyl (C=O) groups excluding carboxylic acids is 3. The highest BCUT2D eigenvalue weighted by atomic mass is 17.2. The van der Waals surface area contributed by atoms with Crippen molar-refractivity contribution in [3.8, 4) is 0 Å². The molecule has 3 atom stereocenters. The van der Waals surface area contributed by atoms with Crippen LogP contribution in [0.4, 0.5) is 0 Å². The Morgan fingerprint density at radius 2 is 1.65 bits per heavy atom. The minimum atomic E-state index is -0.524. The molecule has 2 heterocycles. The molecule has 2 aliphatic rings. The van der Waals surface area contributed by atoms with Crippen molar-refractivity contribution < 1.29 is 24.2 Å². The molecule has 1 aromatic carbocycles. The monoisotopic (exact) mass is 472 g/mol. The fourth-order valence-corrected chi connectivity index (χ4v) is 4.82. The van der Waals surface area contributed by atoms with Gasteiger partial charge in [-0.2, -0.15) is 4.89 Å². The average molecular weight is 473 g/mol. The molecule has 2 aliphatic heterocycles. The van der Waals surface area contributed by atoms with E-state index in [-0.39, 0.29) is 35.2 Å². The molecule has 0 bridgehead atoms. The van der Waals surface area contributed by atoms with Gasteiger partial charge in [-0.15, -0.1) is 0 Å². The van der Waals surface area contributed by atoms with Crippen molar-refractivity contribution in [2.45, 2.75) is 78.0 Å². The fraction of sp³-hybridized carbons (Fsp3) is 0.600. The predicted octanol–water partition coefficient (Wildman–Crippen LogP) is 2.87. The van der Waals surface area contributed by atoms with E-state index in [1.807, 2.05) is 4.90 Å². The Morgan fingerprint density at radius 3 is 2.24 bits per heavy atom. The van der Waals surface area contributed by atoms with E-state index in [1.54, 1.807) is 29.2 Å². The molecular weight excluding hydrogens is 436 g/mol. The second-order valence-electron chi connectivity index (χ2n) is 10.2. The SMILES string of the molecule is CC(=O)OOC1CCN(C(=O)C2CCCCN2C(=O)c2ccc(C(=N)N)cc2)C(C(C)(C)C)C1. The van der Waals surface area contributed by atoms with Crippen LogP contribution < -0.4 is 5.73 Å². The van der Waals surface area contributed by atoms with Gasteiger partial charge >= 0.3 is 5.97 Å². The summed E-state index contributed by atoms with van der Waals surface area (Å²) in [6.07, 6.45) is 3.18. The smallest absolute Gasteiger partial charge is 0.339 e. The third kappa shape index (κ3) is 5.94. The number of amides is 2. The van der Waals surface area contributed by atoms with Gasteiger partial charge in [0.05, 0.1) is 0 Å². The van der Waals surface area contributed by atoms with E-state index >= 15 is 0 Å². The average Bonchev–Trinajstić information content (AvgIpc) is 2.81. The van der Waals surface area contributed by atoms with Crippen LogP contribution in [0, 0.1) is 10.8 Å². The van der Waals surface area contributed by atoms with E-state index < -0.39 is 12.0 Å². The van der Waals surface area contributed by atoms with E-state index in [0.29, 0.717) is 43.5 Å². The van der Waals surface area contributed by atoms with Gasteiger partial charge in [-0.25, -0.2) is 4.79 Å². The van der Waals surface area contributed by atoms with Crippen molar-refractivity contribution >= 4 is 23.6 Å². The molecule has 9 heteroatoms. The van der Waals surface area contributed by atoms with Crippen LogP contribution in [0.3, 0.4) is 0 Å². The molecule has 0 saturated carbocycles. The van der Waals surface area contributed by atoms with Gasteiger partial charge in [0.1, 0.15) is 18.0 Å². The van der Waals surface area contributed by atoms with E-state index in [1.165, 1.54) is 6.92 Å². The van der Waals surface area contributed by atoms with Crippen molar-refractivity contribution in [2.24, 2.45) is 11.1 Å². The predicted molar refractivity (Wildman–Crippen MR) is 127 cm³/mol. The molecule has 3 unspecified atom stereocenters. The lowest BCUT2D eigenvalue weighted by Crippen LogP contribution is -2.60. The zero-order chi connectivity index (χ0) is 25.0. The highest BCUT2D eigenvalue weighted by molar-refractivity contribution is 6.00. The van der Waals surface area contributed by atoms with Crippen LogP contribution in [0.2, 0.25) is 0 Å². The van der Waals surface area contributed by atoms with Crippen LogP contribution in [-0.2, 0) is 19.4 Å². The highest BCUT2D eigenvalue weighted by Gasteiger charge is 2.43. The quantitative estimate of drug-likeness (QED) is 0.294. The second-order valence-corrected chi connectivity index (χ2v) is 10.2.